The van der Waals surface area contributed by atoms with Crippen molar-refractivity contribution in [2.45, 2.75) is 25.6 Å². The average Bonchev–Trinajstić information content (AvgIpc) is 2.40. The van der Waals surface area contributed by atoms with Gasteiger partial charge in [-0.25, -0.2) is 0 Å². The van der Waals surface area contributed by atoms with Crippen LogP contribution in [0.25, 0.3) is 0 Å². The summed E-state index contributed by atoms with van der Waals surface area (Å²) in [5.74, 6) is -0.752. The molecule has 0 amide bonds. The van der Waals surface area contributed by atoms with E-state index in [0.717, 1.165) is 0 Å². The number of methoxy groups -OCH3 is 1. The highest BCUT2D eigenvalue weighted by molar-refractivity contribution is 6.91. The maximum Gasteiger partial charge on any atom is 0.310 e. The highest BCUT2D eigenvalue weighted by atomic mass is 28.3. The van der Waals surface area contributed by atoms with Crippen molar-refractivity contribution in [1.82, 2.24) is 0 Å². The summed E-state index contributed by atoms with van der Waals surface area (Å²) in [5.41, 5.74) is 0.123. The molecule has 0 saturated heterocycles. The van der Waals surface area contributed by atoms with Gasteiger partial charge in [-0.1, -0.05) is 55.5 Å². The molecule has 0 heterocycles. The van der Waals surface area contributed by atoms with Crippen LogP contribution in [-0.2, 0) is 9.53 Å². The molecule has 0 aliphatic carbocycles. The Hall–Kier alpha value is -1.13. The quantitative estimate of drug-likeness (QED) is 0.653. The third-order valence-electron chi connectivity index (χ3n) is 3.96. The molecule has 100 valence electrons. The van der Waals surface area contributed by atoms with E-state index < -0.39 is 14.0 Å². The molecular formula is C14H22O3Si. The number of carbonyl (C=O) groups excluding carboxylic acids is 1. The van der Waals surface area contributed by atoms with E-state index in [-0.39, 0.29) is 18.1 Å². The van der Waals surface area contributed by atoms with E-state index in [9.17, 15) is 9.90 Å². The molecule has 0 fully saturated rings. The smallest absolute Gasteiger partial charge is 0.310 e. The number of hydrogen-bond acceptors (Lipinski definition) is 3. The van der Waals surface area contributed by atoms with Gasteiger partial charge in [0.2, 0.25) is 0 Å². The second-order valence-electron chi connectivity index (χ2n) is 5.19. The first-order valence-electron chi connectivity index (χ1n) is 6.19. The van der Waals surface area contributed by atoms with E-state index in [2.05, 4.69) is 25.2 Å². The summed E-state index contributed by atoms with van der Waals surface area (Å²) in [6, 6.07) is 10.2. The first kappa shape index (κ1) is 14.9. The van der Waals surface area contributed by atoms with E-state index in [1.807, 2.05) is 25.1 Å². The fourth-order valence-corrected chi connectivity index (χ4v) is 5.05. The third kappa shape index (κ3) is 3.00. The monoisotopic (exact) mass is 266 g/mol. The lowest BCUT2D eigenvalue weighted by Crippen LogP contribution is -2.49. The molecule has 1 aromatic carbocycles. The second-order valence-corrected chi connectivity index (χ2v) is 10.1. The SMILES string of the molecule is COC(=O)[C@H](CO)[C@H](C)[Si](C)(C)c1ccccc1. The minimum absolute atomic E-state index is 0.123. The minimum atomic E-state index is -1.81. The van der Waals surface area contributed by atoms with Crippen LogP contribution < -0.4 is 5.19 Å². The molecule has 0 saturated carbocycles. The van der Waals surface area contributed by atoms with Crippen LogP contribution in [0.3, 0.4) is 0 Å². The van der Waals surface area contributed by atoms with Crippen molar-refractivity contribution in [1.29, 1.82) is 0 Å². The number of benzene rings is 1. The van der Waals surface area contributed by atoms with Gasteiger partial charge >= 0.3 is 5.97 Å². The molecule has 0 aliphatic heterocycles. The Morgan fingerprint density at radius 1 is 1.33 bits per heavy atom. The Morgan fingerprint density at radius 3 is 2.33 bits per heavy atom. The third-order valence-corrected chi connectivity index (χ3v) is 8.46. The number of aliphatic hydroxyl groups excluding tert-OH is 1. The van der Waals surface area contributed by atoms with Crippen molar-refractivity contribution >= 4 is 19.2 Å². The number of carbonyl (C=O) groups is 1. The van der Waals surface area contributed by atoms with E-state index in [1.54, 1.807) is 0 Å². The van der Waals surface area contributed by atoms with Crippen molar-refractivity contribution in [3.05, 3.63) is 30.3 Å². The van der Waals surface area contributed by atoms with Gasteiger partial charge in [0.05, 0.1) is 27.7 Å². The maximum atomic E-state index is 11.7. The van der Waals surface area contributed by atoms with Crippen molar-refractivity contribution < 1.29 is 14.6 Å². The standard InChI is InChI=1S/C14H22O3Si/c1-11(13(10-15)14(16)17-2)18(3,4)12-8-6-5-7-9-12/h5-9,11,13,15H,10H2,1-4H3/t11-,13+/m0/s1. The van der Waals surface area contributed by atoms with Crippen LogP contribution in [0, 0.1) is 5.92 Å². The van der Waals surface area contributed by atoms with Gasteiger partial charge in [-0.15, -0.1) is 0 Å². The zero-order chi connectivity index (χ0) is 13.8. The molecule has 1 rings (SSSR count). The fraction of sp³-hybridized carbons (Fsp3) is 0.500. The molecule has 3 nitrogen and oxygen atoms in total. The van der Waals surface area contributed by atoms with Gasteiger partial charge in [0.25, 0.3) is 0 Å². The number of rotatable bonds is 5. The summed E-state index contributed by atoms with van der Waals surface area (Å²) in [4.78, 5) is 11.7. The van der Waals surface area contributed by atoms with Gasteiger partial charge < -0.3 is 9.84 Å². The largest absolute Gasteiger partial charge is 0.469 e. The van der Waals surface area contributed by atoms with Crippen LogP contribution in [0.4, 0.5) is 0 Å². The van der Waals surface area contributed by atoms with Crippen LogP contribution in [0.5, 0.6) is 0 Å². The van der Waals surface area contributed by atoms with E-state index in [4.69, 9.17) is 4.74 Å². The maximum absolute atomic E-state index is 11.7. The van der Waals surface area contributed by atoms with Crippen molar-refractivity contribution in [2.24, 2.45) is 5.92 Å². The summed E-state index contributed by atoms with van der Waals surface area (Å²) >= 11 is 0. The lowest BCUT2D eigenvalue weighted by molar-refractivity contribution is -0.146. The molecule has 0 aromatic heterocycles. The number of ether oxygens (including phenoxy) is 1. The molecule has 1 aromatic rings. The second kappa shape index (κ2) is 6.16. The van der Waals surface area contributed by atoms with Crippen LogP contribution in [0.2, 0.25) is 18.6 Å². The molecule has 0 radical (unpaired) electrons. The fourth-order valence-electron chi connectivity index (χ4n) is 2.22. The Balaban J connectivity index is 3.00. The van der Waals surface area contributed by atoms with Crippen molar-refractivity contribution in [3.63, 3.8) is 0 Å². The number of hydrogen-bond donors (Lipinski definition) is 1. The molecule has 0 aliphatic rings. The zero-order valence-corrected chi connectivity index (χ0v) is 12.5. The highest BCUT2D eigenvalue weighted by Gasteiger charge is 2.39. The van der Waals surface area contributed by atoms with Gasteiger partial charge in [-0.05, 0) is 5.54 Å². The summed E-state index contributed by atoms with van der Waals surface area (Å²) in [7, 11) is -0.437. The Morgan fingerprint density at radius 2 is 1.89 bits per heavy atom. The van der Waals surface area contributed by atoms with Crippen LogP contribution >= 0.6 is 0 Å². The average molecular weight is 266 g/mol. The minimum Gasteiger partial charge on any atom is -0.469 e. The summed E-state index contributed by atoms with van der Waals surface area (Å²) in [6.45, 7) is 6.32. The van der Waals surface area contributed by atoms with Gasteiger partial charge in [0.15, 0.2) is 0 Å². The molecule has 0 bridgehead atoms. The Bertz CT molecular complexity index is 389. The first-order valence-corrected chi connectivity index (χ1v) is 9.27. The molecular weight excluding hydrogens is 244 g/mol. The Kier molecular flexibility index (Phi) is 5.11. The topological polar surface area (TPSA) is 46.5 Å². The summed E-state index contributed by atoms with van der Waals surface area (Å²) < 4.78 is 4.78. The summed E-state index contributed by atoms with van der Waals surface area (Å²) in [5, 5.41) is 10.7. The van der Waals surface area contributed by atoms with Crippen LogP contribution in [0.15, 0.2) is 30.3 Å². The van der Waals surface area contributed by atoms with E-state index in [0.29, 0.717) is 0 Å². The molecule has 0 spiro atoms. The lowest BCUT2D eigenvalue weighted by atomic mass is 10.1. The van der Waals surface area contributed by atoms with Gasteiger partial charge in [-0.2, -0.15) is 0 Å². The van der Waals surface area contributed by atoms with Gasteiger partial charge in [0, 0.05) is 0 Å². The predicted molar refractivity (Wildman–Crippen MR) is 75.6 cm³/mol. The molecule has 2 atom stereocenters. The molecule has 0 unspecified atom stereocenters. The van der Waals surface area contributed by atoms with Gasteiger partial charge in [-0.3, -0.25) is 4.79 Å². The first-order chi connectivity index (χ1) is 8.45. The summed E-state index contributed by atoms with van der Waals surface area (Å²) in [6.07, 6.45) is 0. The van der Waals surface area contributed by atoms with Crippen molar-refractivity contribution in [2.75, 3.05) is 13.7 Å². The van der Waals surface area contributed by atoms with E-state index >= 15 is 0 Å². The lowest BCUT2D eigenvalue weighted by Gasteiger charge is -2.34. The molecule has 4 heteroatoms. The highest BCUT2D eigenvalue weighted by Crippen LogP contribution is 2.30. The molecule has 1 N–H and O–H groups in total. The van der Waals surface area contributed by atoms with Crippen LogP contribution in [0.1, 0.15) is 6.92 Å². The zero-order valence-electron chi connectivity index (χ0n) is 11.5. The Labute approximate surface area is 110 Å². The number of esters is 1. The number of aliphatic hydroxyl groups is 1. The van der Waals surface area contributed by atoms with Gasteiger partial charge in [0.1, 0.15) is 0 Å². The predicted octanol–water partition coefficient (Wildman–Crippen LogP) is 1.77. The van der Waals surface area contributed by atoms with Crippen LogP contribution in [-0.4, -0.2) is 32.9 Å². The normalized spacial score (nSPS) is 14.9. The molecule has 18 heavy (non-hydrogen) atoms. The van der Waals surface area contributed by atoms with Crippen molar-refractivity contribution in [3.8, 4) is 0 Å². The van der Waals surface area contributed by atoms with E-state index in [1.165, 1.54) is 12.3 Å².